The van der Waals surface area contributed by atoms with Gasteiger partial charge in [-0.3, -0.25) is 5.32 Å². The monoisotopic (exact) mass is 405 g/mol. The third kappa shape index (κ3) is 5.21. The summed E-state index contributed by atoms with van der Waals surface area (Å²) in [6.45, 7) is 3.38. The van der Waals surface area contributed by atoms with E-state index in [4.69, 9.17) is 30.9 Å². The van der Waals surface area contributed by atoms with E-state index < -0.39 is 42.8 Å². The summed E-state index contributed by atoms with van der Waals surface area (Å²) in [5.74, 6) is -1.53. The molecule has 1 aromatic rings. The van der Waals surface area contributed by atoms with Crippen LogP contribution in [0.5, 0.6) is 5.75 Å². The number of carboxylic acid groups (broad SMARTS) is 1. The zero-order valence-electron chi connectivity index (χ0n) is 14.4. The van der Waals surface area contributed by atoms with Crippen molar-refractivity contribution in [2.24, 2.45) is 0 Å². The lowest BCUT2D eigenvalue weighted by Crippen LogP contribution is -2.61. The third-order valence-electron chi connectivity index (χ3n) is 3.58. The number of carbonyl (C=O) groups is 2. The number of anilines is 1. The van der Waals surface area contributed by atoms with Crippen LogP contribution in [0, 0.1) is 0 Å². The number of aliphatic hydroxyl groups excluding tert-OH is 3. The molecule has 0 unspecified atom stereocenters. The van der Waals surface area contributed by atoms with Gasteiger partial charge in [0, 0.05) is 5.69 Å². The van der Waals surface area contributed by atoms with Crippen LogP contribution in [0.4, 0.5) is 10.5 Å². The van der Waals surface area contributed by atoms with Crippen molar-refractivity contribution in [3.05, 3.63) is 23.2 Å². The summed E-state index contributed by atoms with van der Waals surface area (Å²) >= 11 is 6.07. The zero-order valence-corrected chi connectivity index (χ0v) is 15.2. The van der Waals surface area contributed by atoms with E-state index >= 15 is 0 Å². The normalized spacial score (nSPS) is 27.9. The molecule has 1 saturated heterocycles. The number of aliphatic carboxylic acids is 1. The highest BCUT2D eigenvalue weighted by Crippen LogP contribution is 2.31. The van der Waals surface area contributed by atoms with Crippen LogP contribution in [0.2, 0.25) is 5.02 Å². The molecule has 11 heteroatoms. The minimum Gasteiger partial charge on any atom is -0.479 e. The number of aliphatic hydroxyl groups is 3. The molecule has 0 saturated carbocycles. The first-order valence-corrected chi connectivity index (χ1v) is 8.34. The number of halogens is 1. The Bertz CT molecular complexity index is 698. The van der Waals surface area contributed by atoms with Gasteiger partial charge in [0.15, 0.2) is 6.10 Å². The molecule has 0 aromatic heterocycles. The standard InChI is InChI=1S/C16H20ClNO9/c1-6(2)25-16(24)18-7-3-4-9(8(17)5-7)26-15-12(21)10(19)11(20)13(27-15)14(22)23/h3-6,10-13,15,19-21H,1-2H3,(H,18,24)(H,22,23)/t10-,11-,12+,13-,15+/m0/s1. The van der Waals surface area contributed by atoms with Crippen LogP contribution in [-0.4, -0.2) is 69.3 Å². The van der Waals surface area contributed by atoms with Gasteiger partial charge in [0.2, 0.25) is 6.29 Å². The van der Waals surface area contributed by atoms with Crippen molar-refractivity contribution < 1.29 is 44.2 Å². The second kappa shape index (κ2) is 8.72. The van der Waals surface area contributed by atoms with E-state index in [-0.39, 0.29) is 16.9 Å². The minimum atomic E-state index is -1.83. The number of benzene rings is 1. The van der Waals surface area contributed by atoms with Crippen molar-refractivity contribution in [3.8, 4) is 5.75 Å². The fourth-order valence-corrected chi connectivity index (χ4v) is 2.54. The molecule has 5 N–H and O–H groups in total. The molecule has 1 heterocycles. The molecule has 2 rings (SSSR count). The van der Waals surface area contributed by atoms with Gasteiger partial charge in [-0.15, -0.1) is 0 Å². The van der Waals surface area contributed by atoms with E-state index in [0.717, 1.165) is 0 Å². The predicted molar refractivity (Wildman–Crippen MR) is 91.6 cm³/mol. The van der Waals surface area contributed by atoms with Gasteiger partial charge in [-0.25, -0.2) is 9.59 Å². The van der Waals surface area contributed by atoms with Gasteiger partial charge in [0.05, 0.1) is 11.1 Å². The van der Waals surface area contributed by atoms with E-state index in [1.165, 1.54) is 18.2 Å². The molecule has 1 aromatic carbocycles. The number of hydrogen-bond acceptors (Lipinski definition) is 8. The van der Waals surface area contributed by atoms with Crippen molar-refractivity contribution in [3.63, 3.8) is 0 Å². The lowest BCUT2D eigenvalue weighted by atomic mass is 9.99. The fourth-order valence-electron chi connectivity index (χ4n) is 2.31. The van der Waals surface area contributed by atoms with E-state index in [9.17, 15) is 24.9 Å². The van der Waals surface area contributed by atoms with Gasteiger partial charge in [0.1, 0.15) is 24.1 Å². The quantitative estimate of drug-likeness (QED) is 0.472. The first kappa shape index (κ1) is 21.2. The first-order valence-electron chi connectivity index (χ1n) is 7.96. The molecule has 0 bridgehead atoms. The van der Waals surface area contributed by atoms with E-state index in [2.05, 4.69) is 5.32 Å². The Hall–Kier alpha value is -2.11. The average molecular weight is 406 g/mol. The Morgan fingerprint density at radius 3 is 2.41 bits per heavy atom. The van der Waals surface area contributed by atoms with Gasteiger partial charge < -0.3 is 34.6 Å². The molecule has 1 amide bonds. The number of hydrogen-bond donors (Lipinski definition) is 5. The second-order valence-corrected chi connectivity index (χ2v) is 6.48. The third-order valence-corrected chi connectivity index (χ3v) is 3.87. The van der Waals surface area contributed by atoms with Crippen molar-refractivity contribution in [2.45, 2.75) is 50.7 Å². The summed E-state index contributed by atoms with van der Waals surface area (Å²) in [7, 11) is 0. The Morgan fingerprint density at radius 2 is 1.85 bits per heavy atom. The van der Waals surface area contributed by atoms with Gasteiger partial charge in [-0.2, -0.15) is 0 Å². The molecule has 5 atom stereocenters. The van der Waals surface area contributed by atoms with Crippen LogP contribution in [0.15, 0.2) is 18.2 Å². The van der Waals surface area contributed by atoms with Crippen molar-refractivity contribution in [1.82, 2.24) is 0 Å². The van der Waals surface area contributed by atoms with E-state index in [0.29, 0.717) is 5.69 Å². The van der Waals surface area contributed by atoms with Crippen LogP contribution in [0.1, 0.15) is 13.8 Å². The van der Waals surface area contributed by atoms with Crippen LogP contribution < -0.4 is 10.1 Å². The second-order valence-electron chi connectivity index (χ2n) is 6.08. The topological polar surface area (TPSA) is 155 Å². The number of nitrogens with one attached hydrogen (secondary N) is 1. The minimum absolute atomic E-state index is 0.00350. The predicted octanol–water partition coefficient (Wildman–Crippen LogP) is 0.568. The molecule has 27 heavy (non-hydrogen) atoms. The number of amides is 1. The summed E-state index contributed by atoms with van der Waals surface area (Å²) in [5, 5.41) is 40.9. The molecule has 1 aliphatic heterocycles. The smallest absolute Gasteiger partial charge is 0.411 e. The highest BCUT2D eigenvalue weighted by molar-refractivity contribution is 6.32. The highest BCUT2D eigenvalue weighted by atomic mass is 35.5. The van der Waals surface area contributed by atoms with E-state index in [1.807, 2.05) is 0 Å². The lowest BCUT2D eigenvalue weighted by Gasteiger charge is -2.38. The summed E-state index contributed by atoms with van der Waals surface area (Å²) in [6, 6.07) is 4.11. The Kier molecular flexibility index (Phi) is 6.84. The van der Waals surface area contributed by atoms with E-state index in [1.54, 1.807) is 13.8 Å². The molecule has 0 aliphatic carbocycles. The lowest BCUT2D eigenvalue weighted by molar-refractivity contribution is -0.271. The maximum atomic E-state index is 11.6. The maximum Gasteiger partial charge on any atom is 0.411 e. The van der Waals surface area contributed by atoms with Crippen LogP contribution >= 0.6 is 11.6 Å². The summed E-state index contributed by atoms with van der Waals surface area (Å²) < 4.78 is 15.3. The summed E-state index contributed by atoms with van der Waals surface area (Å²) in [6.07, 6.45) is -9.71. The number of ether oxygens (including phenoxy) is 3. The number of carboxylic acids is 1. The molecule has 1 fully saturated rings. The maximum absolute atomic E-state index is 11.6. The van der Waals surface area contributed by atoms with Crippen LogP contribution in [0.25, 0.3) is 0 Å². The van der Waals surface area contributed by atoms with Crippen LogP contribution in [0.3, 0.4) is 0 Å². The van der Waals surface area contributed by atoms with Gasteiger partial charge in [0.25, 0.3) is 0 Å². The molecule has 1 aliphatic rings. The Balaban J connectivity index is 2.10. The van der Waals surface area contributed by atoms with Crippen molar-refractivity contribution >= 4 is 29.4 Å². The highest BCUT2D eigenvalue weighted by Gasteiger charge is 2.48. The molecule has 0 spiro atoms. The van der Waals surface area contributed by atoms with Crippen LogP contribution in [-0.2, 0) is 14.3 Å². The van der Waals surface area contributed by atoms with Crippen molar-refractivity contribution in [1.29, 1.82) is 0 Å². The largest absolute Gasteiger partial charge is 0.479 e. The molecule has 150 valence electrons. The average Bonchev–Trinajstić information content (AvgIpc) is 2.56. The van der Waals surface area contributed by atoms with Gasteiger partial charge >= 0.3 is 12.1 Å². The molecular weight excluding hydrogens is 386 g/mol. The fraction of sp³-hybridized carbons (Fsp3) is 0.500. The Morgan fingerprint density at radius 1 is 1.19 bits per heavy atom. The van der Waals surface area contributed by atoms with Gasteiger partial charge in [-0.05, 0) is 32.0 Å². The number of rotatable bonds is 5. The molecule has 10 nitrogen and oxygen atoms in total. The first-order chi connectivity index (χ1) is 12.6. The molecule has 0 radical (unpaired) electrons. The SMILES string of the molecule is CC(C)OC(=O)Nc1ccc(O[C@@H]2O[C@H](C(=O)O)[C@@H](O)[C@H](O)[C@H]2O)c(Cl)c1. The number of carbonyl (C=O) groups excluding carboxylic acids is 1. The van der Waals surface area contributed by atoms with Gasteiger partial charge in [-0.1, -0.05) is 11.6 Å². The summed E-state index contributed by atoms with van der Waals surface area (Å²) in [4.78, 5) is 22.7. The summed E-state index contributed by atoms with van der Waals surface area (Å²) in [5.41, 5.74) is 0.307. The Labute approximate surface area is 159 Å². The van der Waals surface area contributed by atoms with Crippen molar-refractivity contribution in [2.75, 3.05) is 5.32 Å². The molecular formula is C16H20ClNO9. The zero-order chi connectivity index (χ0) is 20.3.